The van der Waals surface area contributed by atoms with E-state index in [2.05, 4.69) is 12.2 Å². The van der Waals surface area contributed by atoms with E-state index in [1.54, 1.807) is 0 Å². The van der Waals surface area contributed by atoms with Crippen molar-refractivity contribution in [2.24, 2.45) is 5.92 Å². The first-order valence-electron chi connectivity index (χ1n) is 6.92. The molecule has 2 amide bonds. The molecule has 2 fully saturated rings. The number of amides is 2. The van der Waals surface area contributed by atoms with Gasteiger partial charge in [-0.25, -0.2) is 4.79 Å². The van der Waals surface area contributed by atoms with E-state index in [0.717, 1.165) is 31.8 Å². The van der Waals surface area contributed by atoms with E-state index in [1.807, 2.05) is 4.90 Å². The second-order valence-electron chi connectivity index (χ2n) is 5.19. The Balaban J connectivity index is 1.77. The van der Waals surface area contributed by atoms with Gasteiger partial charge in [-0.15, -0.1) is 0 Å². The minimum atomic E-state index is 0.107. The Morgan fingerprint density at radius 3 is 2.82 bits per heavy atom. The Morgan fingerprint density at radius 1 is 1.35 bits per heavy atom. The maximum atomic E-state index is 12.0. The fourth-order valence-electron chi connectivity index (χ4n) is 2.83. The fourth-order valence-corrected chi connectivity index (χ4v) is 2.83. The molecule has 0 bridgehead atoms. The standard InChI is InChI=1S/C13H24N2O2/c1-2-11-4-3-5-12(10-11)14-13(16)15-6-8-17-9-7-15/h11-12H,2-10H2,1H3,(H,14,16)/t11-,12-/m1/s1. The minimum absolute atomic E-state index is 0.107. The van der Waals surface area contributed by atoms with Crippen LogP contribution in [0, 0.1) is 5.92 Å². The molecule has 0 spiro atoms. The molecule has 1 saturated heterocycles. The van der Waals surface area contributed by atoms with E-state index in [0.29, 0.717) is 19.3 Å². The van der Waals surface area contributed by atoms with Crippen LogP contribution in [0.2, 0.25) is 0 Å². The van der Waals surface area contributed by atoms with E-state index in [-0.39, 0.29) is 6.03 Å². The molecular formula is C13H24N2O2. The highest BCUT2D eigenvalue weighted by Crippen LogP contribution is 2.26. The summed E-state index contributed by atoms with van der Waals surface area (Å²) in [7, 11) is 0. The van der Waals surface area contributed by atoms with Gasteiger partial charge < -0.3 is 15.0 Å². The molecule has 1 heterocycles. The Morgan fingerprint density at radius 2 is 2.12 bits per heavy atom. The molecule has 98 valence electrons. The van der Waals surface area contributed by atoms with Crippen LogP contribution in [-0.2, 0) is 4.74 Å². The summed E-state index contributed by atoms with van der Waals surface area (Å²) in [6, 6.07) is 0.499. The molecule has 2 aliphatic rings. The van der Waals surface area contributed by atoms with E-state index in [4.69, 9.17) is 4.74 Å². The molecule has 2 rings (SSSR count). The van der Waals surface area contributed by atoms with E-state index < -0.39 is 0 Å². The van der Waals surface area contributed by atoms with Crippen LogP contribution in [0.5, 0.6) is 0 Å². The maximum Gasteiger partial charge on any atom is 0.317 e. The molecule has 1 saturated carbocycles. The van der Waals surface area contributed by atoms with E-state index in [1.165, 1.54) is 19.3 Å². The van der Waals surface area contributed by atoms with Gasteiger partial charge >= 0.3 is 6.03 Å². The van der Waals surface area contributed by atoms with Gasteiger partial charge in [0.15, 0.2) is 0 Å². The van der Waals surface area contributed by atoms with Gasteiger partial charge in [0.1, 0.15) is 0 Å². The molecule has 0 aromatic heterocycles. The molecular weight excluding hydrogens is 216 g/mol. The van der Waals surface area contributed by atoms with Gasteiger partial charge in [0.05, 0.1) is 13.2 Å². The smallest absolute Gasteiger partial charge is 0.317 e. The number of hydrogen-bond donors (Lipinski definition) is 1. The van der Waals surface area contributed by atoms with Crippen LogP contribution in [0.4, 0.5) is 4.79 Å². The van der Waals surface area contributed by atoms with Crippen molar-refractivity contribution in [1.82, 2.24) is 10.2 Å². The number of nitrogens with one attached hydrogen (secondary N) is 1. The highest BCUT2D eigenvalue weighted by atomic mass is 16.5. The van der Waals surface area contributed by atoms with Gasteiger partial charge in [-0.05, 0) is 18.8 Å². The second kappa shape index (κ2) is 6.24. The molecule has 17 heavy (non-hydrogen) atoms. The normalized spacial score (nSPS) is 30.1. The number of hydrogen-bond acceptors (Lipinski definition) is 2. The van der Waals surface area contributed by atoms with Crippen LogP contribution >= 0.6 is 0 Å². The summed E-state index contributed by atoms with van der Waals surface area (Å²) >= 11 is 0. The van der Waals surface area contributed by atoms with Gasteiger partial charge in [0, 0.05) is 19.1 Å². The molecule has 1 aliphatic heterocycles. The molecule has 1 N–H and O–H groups in total. The minimum Gasteiger partial charge on any atom is -0.378 e. The van der Waals surface area contributed by atoms with Crippen molar-refractivity contribution in [1.29, 1.82) is 0 Å². The third-order valence-corrected chi connectivity index (χ3v) is 3.99. The van der Waals surface area contributed by atoms with Crippen LogP contribution in [0.25, 0.3) is 0 Å². The van der Waals surface area contributed by atoms with Crippen LogP contribution in [-0.4, -0.2) is 43.3 Å². The molecule has 0 unspecified atom stereocenters. The first-order valence-corrected chi connectivity index (χ1v) is 6.92. The van der Waals surface area contributed by atoms with Gasteiger partial charge in [0.25, 0.3) is 0 Å². The molecule has 0 aromatic carbocycles. The summed E-state index contributed by atoms with van der Waals surface area (Å²) in [4.78, 5) is 13.9. The van der Waals surface area contributed by atoms with Crippen LogP contribution < -0.4 is 5.32 Å². The van der Waals surface area contributed by atoms with Gasteiger partial charge in [-0.3, -0.25) is 0 Å². The number of morpholine rings is 1. The zero-order chi connectivity index (χ0) is 12.1. The largest absolute Gasteiger partial charge is 0.378 e. The molecule has 0 radical (unpaired) electrons. The van der Waals surface area contributed by atoms with Crippen molar-refractivity contribution >= 4 is 6.03 Å². The lowest BCUT2D eigenvalue weighted by molar-refractivity contribution is 0.0518. The molecule has 0 aromatic rings. The summed E-state index contributed by atoms with van der Waals surface area (Å²) in [5.41, 5.74) is 0. The summed E-state index contributed by atoms with van der Waals surface area (Å²) in [6.07, 6.45) is 6.13. The van der Waals surface area contributed by atoms with Crippen molar-refractivity contribution < 1.29 is 9.53 Å². The molecule has 4 heteroatoms. The number of ether oxygens (including phenoxy) is 1. The Bertz CT molecular complexity index is 252. The van der Waals surface area contributed by atoms with E-state index in [9.17, 15) is 4.79 Å². The van der Waals surface area contributed by atoms with E-state index >= 15 is 0 Å². The van der Waals surface area contributed by atoms with Gasteiger partial charge in [-0.1, -0.05) is 26.2 Å². The predicted molar refractivity (Wildman–Crippen MR) is 67.0 cm³/mol. The van der Waals surface area contributed by atoms with Gasteiger partial charge in [0.2, 0.25) is 0 Å². The molecule has 2 atom stereocenters. The van der Waals surface area contributed by atoms with Gasteiger partial charge in [-0.2, -0.15) is 0 Å². The summed E-state index contributed by atoms with van der Waals surface area (Å²) in [5.74, 6) is 0.804. The first-order chi connectivity index (χ1) is 8.29. The Kier molecular flexibility index (Phi) is 4.66. The number of nitrogens with zero attached hydrogens (tertiary/aromatic N) is 1. The monoisotopic (exact) mass is 240 g/mol. The van der Waals surface area contributed by atoms with Crippen molar-refractivity contribution in [2.75, 3.05) is 26.3 Å². The highest BCUT2D eigenvalue weighted by Gasteiger charge is 2.24. The average molecular weight is 240 g/mol. The lowest BCUT2D eigenvalue weighted by Gasteiger charge is -2.33. The van der Waals surface area contributed by atoms with Crippen molar-refractivity contribution in [3.8, 4) is 0 Å². The Labute approximate surface area is 104 Å². The summed E-state index contributed by atoms with van der Waals surface area (Å²) < 4.78 is 5.25. The van der Waals surface area contributed by atoms with Crippen LogP contribution in [0.15, 0.2) is 0 Å². The second-order valence-corrected chi connectivity index (χ2v) is 5.19. The molecule has 1 aliphatic carbocycles. The zero-order valence-electron chi connectivity index (χ0n) is 10.8. The number of carbonyl (C=O) groups excluding carboxylic acids is 1. The van der Waals surface area contributed by atoms with Crippen LogP contribution in [0.3, 0.4) is 0 Å². The van der Waals surface area contributed by atoms with Crippen molar-refractivity contribution in [3.05, 3.63) is 0 Å². The molecule has 4 nitrogen and oxygen atoms in total. The number of urea groups is 1. The number of carbonyl (C=O) groups is 1. The lowest BCUT2D eigenvalue weighted by atomic mass is 9.84. The summed E-state index contributed by atoms with van der Waals surface area (Å²) in [5, 5.41) is 3.18. The lowest BCUT2D eigenvalue weighted by Crippen LogP contribution is -2.50. The summed E-state index contributed by atoms with van der Waals surface area (Å²) in [6.45, 7) is 5.06. The van der Waals surface area contributed by atoms with Crippen molar-refractivity contribution in [2.45, 2.75) is 45.1 Å². The maximum absolute atomic E-state index is 12.0. The Hall–Kier alpha value is -0.770. The van der Waals surface area contributed by atoms with Crippen molar-refractivity contribution in [3.63, 3.8) is 0 Å². The third-order valence-electron chi connectivity index (χ3n) is 3.99. The third kappa shape index (κ3) is 3.60. The topological polar surface area (TPSA) is 41.6 Å². The predicted octanol–water partition coefficient (Wildman–Crippen LogP) is 2.00. The zero-order valence-corrected chi connectivity index (χ0v) is 10.8. The first kappa shape index (κ1) is 12.7. The highest BCUT2D eigenvalue weighted by molar-refractivity contribution is 5.74. The quantitative estimate of drug-likeness (QED) is 0.802. The van der Waals surface area contributed by atoms with Crippen LogP contribution in [0.1, 0.15) is 39.0 Å². The SMILES string of the molecule is CC[C@@H]1CCC[C@@H](NC(=O)N2CCOCC2)C1. The number of rotatable bonds is 2. The average Bonchev–Trinajstić information content (AvgIpc) is 2.40. The fraction of sp³-hybridized carbons (Fsp3) is 0.923.